The van der Waals surface area contributed by atoms with Gasteiger partial charge in [0.05, 0.1) is 18.0 Å². The van der Waals surface area contributed by atoms with Gasteiger partial charge in [0, 0.05) is 23.9 Å². The maximum Gasteiger partial charge on any atom is 0.412 e. The highest BCUT2D eigenvalue weighted by Gasteiger charge is 2.53. The number of nitrogens with one attached hydrogen (secondary N) is 3. The average molecular weight is 704 g/mol. The first-order chi connectivity index (χ1) is 25.4. The molecule has 12 heteroatoms. The zero-order valence-corrected chi connectivity index (χ0v) is 28.1. The molecule has 5 aromatic rings. The van der Waals surface area contributed by atoms with E-state index in [4.69, 9.17) is 23.7 Å². The number of aliphatic hydroxyl groups is 1. The molecule has 1 aliphatic heterocycles. The lowest BCUT2D eigenvalue weighted by Crippen LogP contribution is -2.63. The van der Waals surface area contributed by atoms with E-state index in [1.807, 2.05) is 84.9 Å². The van der Waals surface area contributed by atoms with E-state index >= 15 is 0 Å². The van der Waals surface area contributed by atoms with E-state index in [1.54, 1.807) is 54.6 Å². The molecular formula is C40H37N3O9. The number of rotatable bonds is 10. The molecule has 52 heavy (non-hydrogen) atoms. The van der Waals surface area contributed by atoms with E-state index in [2.05, 4.69) is 16.0 Å². The molecule has 12 nitrogen and oxygen atoms in total. The first-order valence-electron chi connectivity index (χ1n) is 16.5. The lowest BCUT2D eigenvalue weighted by atomic mass is 9.98. The van der Waals surface area contributed by atoms with Gasteiger partial charge >= 0.3 is 18.3 Å². The third-order valence-corrected chi connectivity index (χ3v) is 8.25. The normalized spacial score (nSPS) is 19.5. The maximum absolute atomic E-state index is 13.7. The number of benzene rings is 5. The Balaban J connectivity index is 1.29. The van der Waals surface area contributed by atoms with Gasteiger partial charge in [-0.25, -0.2) is 14.4 Å². The van der Waals surface area contributed by atoms with Crippen LogP contribution in [-0.2, 0) is 23.7 Å². The van der Waals surface area contributed by atoms with Crippen molar-refractivity contribution >= 4 is 35.3 Å². The Morgan fingerprint density at radius 1 is 0.558 bits per heavy atom. The average Bonchev–Trinajstić information content (AvgIpc) is 3.17. The molecule has 0 aromatic heterocycles. The quantitative estimate of drug-likeness (QED) is 0.108. The highest BCUT2D eigenvalue weighted by molar-refractivity contribution is 5.93. The summed E-state index contributed by atoms with van der Waals surface area (Å²) in [6, 6.07) is 41.7. The van der Waals surface area contributed by atoms with Crippen LogP contribution in [0, 0.1) is 0 Å². The van der Waals surface area contributed by atoms with Gasteiger partial charge in [-0.05, 0) is 35.4 Å². The van der Waals surface area contributed by atoms with Gasteiger partial charge in [0.25, 0.3) is 0 Å². The van der Waals surface area contributed by atoms with Crippen LogP contribution in [0.5, 0.6) is 0 Å². The van der Waals surface area contributed by atoms with Gasteiger partial charge in [0.1, 0.15) is 6.10 Å². The first-order valence-corrected chi connectivity index (χ1v) is 16.5. The van der Waals surface area contributed by atoms with Crippen LogP contribution < -0.4 is 16.0 Å². The summed E-state index contributed by atoms with van der Waals surface area (Å²) < 4.78 is 29.0. The van der Waals surface area contributed by atoms with Gasteiger partial charge in [-0.3, -0.25) is 16.0 Å². The van der Waals surface area contributed by atoms with Crippen LogP contribution in [0.25, 0.3) is 22.3 Å². The number of carbonyl (C=O) groups excluding carboxylic acids is 3. The van der Waals surface area contributed by atoms with Gasteiger partial charge in [-0.1, -0.05) is 115 Å². The third-order valence-electron chi connectivity index (χ3n) is 8.25. The Hall–Kier alpha value is -6.21. The summed E-state index contributed by atoms with van der Waals surface area (Å²) in [7, 11) is 1.30. The fourth-order valence-electron chi connectivity index (χ4n) is 5.86. The van der Waals surface area contributed by atoms with E-state index in [-0.39, 0.29) is 0 Å². The van der Waals surface area contributed by atoms with Crippen LogP contribution in [-0.4, -0.2) is 67.8 Å². The number of hydrogen-bond donors (Lipinski definition) is 4. The Bertz CT molecular complexity index is 1950. The van der Waals surface area contributed by atoms with Crippen molar-refractivity contribution < 1.29 is 43.2 Å². The molecule has 0 spiro atoms. The fraction of sp³-hybridized carbons (Fsp3) is 0.175. The molecular weight excluding hydrogens is 666 g/mol. The number of amides is 3. The smallest absolute Gasteiger partial charge is 0.412 e. The molecule has 1 heterocycles. The predicted octanol–water partition coefficient (Wildman–Crippen LogP) is 7.54. The van der Waals surface area contributed by atoms with Crippen molar-refractivity contribution in [2.45, 2.75) is 30.7 Å². The first kappa shape index (κ1) is 35.6. The molecule has 266 valence electrons. The number of ether oxygens (including phenoxy) is 5. The number of carbonyl (C=O) groups is 3. The van der Waals surface area contributed by atoms with Crippen molar-refractivity contribution in [1.82, 2.24) is 0 Å². The highest BCUT2D eigenvalue weighted by atomic mass is 16.7. The lowest BCUT2D eigenvalue weighted by Gasteiger charge is -2.43. The second-order valence-electron chi connectivity index (χ2n) is 11.6. The Labute approximate surface area is 300 Å². The van der Waals surface area contributed by atoms with Crippen molar-refractivity contribution in [1.29, 1.82) is 0 Å². The molecule has 3 amide bonds. The summed E-state index contributed by atoms with van der Waals surface area (Å²) in [6.45, 7) is -0.662. The Kier molecular flexibility index (Phi) is 11.7. The van der Waals surface area contributed by atoms with Crippen molar-refractivity contribution in [3.63, 3.8) is 0 Å². The van der Waals surface area contributed by atoms with Crippen LogP contribution in [0.1, 0.15) is 0 Å². The second-order valence-corrected chi connectivity index (χ2v) is 11.6. The van der Waals surface area contributed by atoms with Crippen molar-refractivity contribution in [2.24, 2.45) is 0 Å². The molecule has 1 fully saturated rings. The van der Waals surface area contributed by atoms with Crippen LogP contribution in [0.4, 0.5) is 31.4 Å². The van der Waals surface area contributed by atoms with Gasteiger partial charge in [0.15, 0.2) is 24.6 Å². The number of hydrogen-bond acceptors (Lipinski definition) is 9. The van der Waals surface area contributed by atoms with E-state index in [0.717, 1.165) is 16.7 Å². The number of anilines is 3. The summed E-state index contributed by atoms with van der Waals surface area (Å²) in [5.74, 6) is 0. The summed E-state index contributed by atoms with van der Waals surface area (Å²) in [5.41, 5.74) is 4.45. The molecule has 5 atom stereocenters. The molecule has 0 radical (unpaired) electrons. The molecule has 4 N–H and O–H groups in total. The zero-order valence-electron chi connectivity index (χ0n) is 28.1. The van der Waals surface area contributed by atoms with Crippen molar-refractivity contribution in [3.8, 4) is 22.3 Å². The van der Waals surface area contributed by atoms with E-state index < -0.39 is 55.6 Å². The number of methoxy groups -OCH3 is 1. The van der Waals surface area contributed by atoms with Gasteiger partial charge in [-0.15, -0.1) is 0 Å². The van der Waals surface area contributed by atoms with Crippen molar-refractivity contribution in [2.75, 3.05) is 29.7 Å². The fourth-order valence-corrected chi connectivity index (χ4v) is 5.86. The van der Waals surface area contributed by atoms with Gasteiger partial charge < -0.3 is 28.8 Å². The molecule has 0 saturated carbocycles. The highest BCUT2D eigenvalue weighted by Crippen LogP contribution is 2.33. The molecule has 0 aliphatic carbocycles. The Morgan fingerprint density at radius 2 is 0.981 bits per heavy atom. The minimum atomic E-state index is -1.53. The van der Waals surface area contributed by atoms with Gasteiger partial charge in [-0.2, -0.15) is 0 Å². The molecule has 5 aromatic carbocycles. The monoisotopic (exact) mass is 703 g/mol. The van der Waals surface area contributed by atoms with Crippen molar-refractivity contribution in [3.05, 3.63) is 140 Å². The molecule has 0 bridgehead atoms. The zero-order chi connectivity index (χ0) is 36.3. The minimum absolute atomic E-state index is 0.427. The minimum Gasteiger partial charge on any atom is -0.439 e. The second kappa shape index (κ2) is 17.1. The summed E-state index contributed by atoms with van der Waals surface area (Å²) in [4.78, 5) is 40.5. The molecule has 0 unspecified atom stereocenters. The molecule has 1 saturated heterocycles. The Morgan fingerprint density at radius 3 is 1.48 bits per heavy atom. The molecule has 1 aliphatic rings. The van der Waals surface area contributed by atoms with E-state index in [0.29, 0.717) is 22.6 Å². The standard InChI is InChI=1S/C40H37N3O9/c1-48-37-36(52-40(47)43-32-24-14-12-22-30(32)27-17-7-3-8-18-27)35(34(33(25-44)49-37)50-38(45)41-28-19-9-4-10-20-28)51-39(46)42-31-23-13-11-21-29(31)26-15-5-2-6-16-26/h2-24,33-37,44H,25H2,1H3,(H,41,45)(H,42,46)(H,43,47)/t33-,34-,35+,36-,37+/m1/s1. The SMILES string of the molecule is CO[C@H]1O[C@H](CO)[C@@H](OC(=O)Nc2ccccc2)[C@H](OC(=O)Nc2ccccc2-c2ccccc2)[C@H]1OC(=O)Nc1ccccc1-c1ccccc1. The number of aliphatic hydroxyl groups excluding tert-OH is 1. The molecule has 6 rings (SSSR count). The van der Waals surface area contributed by atoms with Gasteiger partial charge in [0.2, 0.25) is 0 Å². The summed E-state index contributed by atoms with van der Waals surface area (Å²) >= 11 is 0. The van der Waals surface area contributed by atoms with Crippen LogP contribution >= 0.6 is 0 Å². The van der Waals surface area contributed by atoms with Crippen LogP contribution in [0.3, 0.4) is 0 Å². The summed E-state index contributed by atoms with van der Waals surface area (Å²) in [5, 5.41) is 18.5. The van der Waals surface area contributed by atoms with E-state index in [1.165, 1.54) is 7.11 Å². The topological polar surface area (TPSA) is 154 Å². The number of para-hydroxylation sites is 3. The lowest BCUT2D eigenvalue weighted by molar-refractivity contribution is -0.290. The maximum atomic E-state index is 13.7. The third kappa shape index (κ3) is 8.74. The van der Waals surface area contributed by atoms with Crippen LogP contribution in [0.15, 0.2) is 140 Å². The summed E-state index contributed by atoms with van der Waals surface area (Å²) in [6.07, 6.45) is -9.90. The van der Waals surface area contributed by atoms with E-state index in [9.17, 15) is 19.5 Å². The van der Waals surface area contributed by atoms with Crippen LogP contribution in [0.2, 0.25) is 0 Å². The predicted molar refractivity (Wildman–Crippen MR) is 195 cm³/mol. The largest absolute Gasteiger partial charge is 0.439 e.